The van der Waals surface area contributed by atoms with Gasteiger partial charge in [-0.1, -0.05) is 26.8 Å². The molecule has 2 N–H and O–H groups in total. The Labute approximate surface area is 102 Å². The van der Waals surface area contributed by atoms with Crippen molar-refractivity contribution in [1.29, 1.82) is 0 Å². The van der Waals surface area contributed by atoms with E-state index < -0.39 is 0 Å². The average Bonchev–Trinajstić information content (AvgIpc) is 2.20. The number of carbonyl (C=O) groups excluding carboxylic acids is 1. The number of nitrogens with two attached hydrogens (primary N) is 1. The van der Waals surface area contributed by atoms with Gasteiger partial charge in [0.2, 0.25) is 0 Å². The molecule has 2 nitrogen and oxygen atoms in total. The molecule has 0 amide bonds. The summed E-state index contributed by atoms with van der Waals surface area (Å²) in [5.41, 5.74) is 7.06. The lowest BCUT2D eigenvalue weighted by molar-refractivity contribution is 0.0952. The molecule has 94 valence electrons. The molecule has 0 spiro atoms. The minimum atomic E-state index is -0.386. The summed E-state index contributed by atoms with van der Waals surface area (Å²) >= 11 is 0. The molecule has 1 aromatic carbocycles. The molecule has 1 unspecified atom stereocenters. The Bertz CT molecular complexity index is 421. The van der Waals surface area contributed by atoms with Gasteiger partial charge in [-0.15, -0.1) is 0 Å². The van der Waals surface area contributed by atoms with E-state index in [-0.39, 0.29) is 29.5 Å². The Kier molecular flexibility index (Phi) is 4.04. The van der Waals surface area contributed by atoms with E-state index in [2.05, 4.69) is 0 Å². The number of Topliss-reactive ketones (excluding diaryl/α,β-unsaturated/α-hetero) is 1. The number of halogens is 1. The first-order chi connectivity index (χ1) is 7.71. The summed E-state index contributed by atoms with van der Waals surface area (Å²) in [5.74, 6) is -0.479. The molecule has 0 saturated carbocycles. The molecule has 0 bridgehead atoms. The Morgan fingerprint density at radius 2 is 2.00 bits per heavy atom. The van der Waals surface area contributed by atoms with Crippen molar-refractivity contribution in [3.05, 3.63) is 35.1 Å². The van der Waals surface area contributed by atoms with Crippen LogP contribution in [-0.4, -0.2) is 11.8 Å². The third kappa shape index (κ3) is 3.63. The van der Waals surface area contributed by atoms with Crippen molar-refractivity contribution in [2.75, 3.05) is 0 Å². The van der Waals surface area contributed by atoms with Gasteiger partial charge in [-0.3, -0.25) is 4.79 Å². The average molecular weight is 237 g/mol. The van der Waals surface area contributed by atoms with Gasteiger partial charge in [0.05, 0.1) is 0 Å². The van der Waals surface area contributed by atoms with E-state index >= 15 is 0 Å². The van der Waals surface area contributed by atoms with Crippen molar-refractivity contribution < 1.29 is 9.18 Å². The fourth-order valence-corrected chi connectivity index (χ4v) is 1.51. The predicted molar refractivity (Wildman–Crippen MR) is 67.5 cm³/mol. The monoisotopic (exact) mass is 237 g/mol. The second-order valence-corrected chi connectivity index (χ2v) is 5.56. The Balaban J connectivity index is 2.87. The van der Waals surface area contributed by atoms with Gasteiger partial charge in [-0.25, -0.2) is 4.39 Å². The third-order valence-electron chi connectivity index (χ3n) is 3.02. The van der Waals surface area contributed by atoms with E-state index in [1.807, 2.05) is 20.8 Å². The highest BCUT2D eigenvalue weighted by molar-refractivity contribution is 5.97. The maximum Gasteiger partial charge on any atom is 0.164 e. The largest absolute Gasteiger partial charge is 0.327 e. The quantitative estimate of drug-likeness (QED) is 0.821. The fourth-order valence-electron chi connectivity index (χ4n) is 1.51. The summed E-state index contributed by atoms with van der Waals surface area (Å²) in [5, 5.41) is 0. The van der Waals surface area contributed by atoms with Gasteiger partial charge < -0.3 is 5.73 Å². The molecule has 1 atom stereocenters. The molecule has 1 aromatic rings. The zero-order valence-electron chi connectivity index (χ0n) is 10.9. The molecule has 0 radical (unpaired) electrons. The number of hydrogen-bond acceptors (Lipinski definition) is 2. The standard InChI is InChI=1S/C14H20FNO/c1-9-5-6-10(15)7-11(9)12(17)8-13(16)14(2,3)4/h5-7,13H,8,16H2,1-4H3. The maximum absolute atomic E-state index is 13.1. The molecule has 0 heterocycles. The summed E-state index contributed by atoms with van der Waals surface area (Å²) < 4.78 is 13.1. The van der Waals surface area contributed by atoms with Crippen molar-refractivity contribution in [1.82, 2.24) is 0 Å². The number of benzene rings is 1. The molecule has 0 aromatic heterocycles. The summed E-state index contributed by atoms with van der Waals surface area (Å²) in [6.07, 6.45) is 0.244. The van der Waals surface area contributed by atoms with Gasteiger partial charge in [-0.05, 0) is 30.0 Å². The number of hydrogen-bond donors (Lipinski definition) is 1. The first-order valence-electron chi connectivity index (χ1n) is 5.76. The number of carbonyl (C=O) groups is 1. The summed E-state index contributed by atoms with van der Waals surface area (Å²) in [7, 11) is 0. The van der Waals surface area contributed by atoms with E-state index in [0.29, 0.717) is 5.56 Å². The van der Waals surface area contributed by atoms with Crippen LogP contribution in [0.2, 0.25) is 0 Å². The lowest BCUT2D eigenvalue weighted by Crippen LogP contribution is -2.37. The van der Waals surface area contributed by atoms with Crippen LogP contribution in [-0.2, 0) is 0 Å². The van der Waals surface area contributed by atoms with E-state index in [1.165, 1.54) is 12.1 Å². The van der Waals surface area contributed by atoms with Crippen LogP contribution in [0.5, 0.6) is 0 Å². The first-order valence-corrected chi connectivity index (χ1v) is 5.76. The lowest BCUT2D eigenvalue weighted by atomic mass is 9.83. The molecule has 0 saturated heterocycles. The fraction of sp³-hybridized carbons (Fsp3) is 0.500. The first kappa shape index (κ1) is 13.8. The van der Waals surface area contributed by atoms with Crippen molar-refractivity contribution >= 4 is 5.78 Å². The van der Waals surface area contributed by atoms with Crippen LogP contribution in [0, 0.1) is 18.2 Å². The van der Waals surface area contributed by atoms with Crippen LogP contribution < -0.4 is 5.73 Å². The minimum absolute atomic E-state index is 0.0931. The molecule has 0 aliphatic rings. The summed E-state index contributed by atoms with van der Waals surface area (Å²) in [6.45, 7) is 7.77. The Morgan fingerprint density at radius 1 is 1.41 bits per heavy atom. The van der Waals surface area contributed by atoms with Crippen LogP contribution in [0.25, 0.3) is 0 Å². The van der Waals surface area contributed by atoms with E-state index in [0.717, 1.165) is 5.56 Å². The van der Waals surface area contributed by atoms with Crippen molar-refractivity contribution in [3.8, 4) is 0 Å². The minimum Gasteiger partial charge on any atom is -0.327 e. The topological polar surface area (TPSA) is 43.1 Å². The normalized spacial score (nSPS) is 13.5. The van der Waals surface area contributed by atoms with Crippen molar-refractivity contribution in [3.63, 3.8) is 0 Å². The molecule has 17 heavy (non-hydrogen) atoms. The van der Waals surface area contributed by atoms with Gasteiger partial charge in [0.25, 0.3) is 0 Å². The highest BCUT2D eigenvalue weighted by Crippen LogP contribution is 2.22. The van der Waals surface area contributed by atoms with Crippen molar-refractivity contribution in [2.24, 2.45) is 11.1 Å². The van der Waals surface area contributed by atoms with Crippen LogP contribution in [0.1, 0.15) is 43.1 Å². The number of ketones is 1. The van der Waals surface area contributed by atoms with E-state index in [9.17, 15) is 9.18 Å². The molecule has 0 aliphatic carbocycles. The third-order valence-corrected chi connectivity index (χ3v) is 3.02. The highest BCUT2D eigenvalue weighted by atomic mass is 19.1. The van der Waals surface area contributed by atoms with Gasteiger partial charge in [-0.2, -0.15) is 0 Å². The van der Waals surface area contributed by atoms with Gasteiger partial charge in [0, 0.05) is 18.0 Å². The lowest BCUT2D eigenvalue weighted by Gasteiger charge is -2.26. The Morgan fingerprint density at radius 3 is 2.53 bits per heavy atom. The molecule has 0 fully saturated rings. The molecule has 1 rings (SSSR count). The molecular weight excluding hydrogens is 217 g/mol. The van der Waals surface area contributed by atoms with E-state index in [4.69, 9.17) is 5.73 Å². The highest BCUT2D eigenvalue weighted by Gasteiger charge is 2.24. The molecule has 0 aliphatic heterocycles. The molecular formula is C14H20FNO. The van der Waals surface area contributed by atoms with Crippen LogP contribution in [0.15, 0.2) is 18.2 Å². The van der Waals surface area contributed by atoms with Gasteiger partial charge in [0.1, 0.15) is 5.82 Å². The number of rotatable bonds is 3. The van der Waals surface area contributed by atoms with Gasteiger partial charge >= 0.3 is 0 Å². The SMILES string of the molecule is Cc1ccc(F)cc1C(=O)CC(N)C(C)(C)C. The summed E-state index contributed by atoms with van der Waals surface area (Å²) in [4.78, 5) is 12.0. The zero-order chi connectivity index (χ0) is 13.2. The summed E-state index contributed by atoms with van der Waals surface area (Å²) in [6, 6.07) is 4.03. The zero-order valence-corrected chi connectivity index (χ0v) is 10.9. The Hall–Kier alpha value is -1.22. The van der Waals surface area contributed by atoms with E-state index in [1.54, 1.807) is 13.0 Å². The second-order valence-electron chi connectivity index (χ2n) is 5.56. The van der Waals surface area contributed by atoms with Gasteiger partial charge in [0.15, 0.2) is 5.78 Å². The molecule has 3 heteroatoms. The predicted octanol–water partition coefficient (Wildman–Crippen LogP) is 3.08. The smallest absolute Gasteiger partial charge is 0.164 e. The van der Waals surface area contributed by atoms with Crippen molar-refractivity contribution in [2.45, 2.75) is 40.2 Å². The second kappa shape index (κ2) is 4.96. The van der Waals surface area contributed by atoms with Crippen LogP contribution in [0.4, 0.5) is 4.39 Å². The maximum atomic E-state index is 13.1. The number of aryl methyl sites for hydroxylation is 1. The van der Waals surface area contributed by atoms with Crippen LogP contribution in [0.3, 0.4) is 0 Å². The van der Waals surface area contributed by atoms with Crippen LogP contribution >= 0.6 is 0 Å².